The van der Waals surface area contributed by atoms with Gasteiger partial charge in [0.25, 0.3) is 0 Å². The second-order valence-electron chi connectivity index (χ2n) is 7.86. The van der Waals surface area contributed by atoms with Gasteiger partial charge < -0.3 is 4.74 Å². The summed E-state index contributed by atoms with van der Waals surface area (Å²) in [5.41, 5.74) is 2.60. The van der Waals surface area contributed by atoms with Crippen LogP contribution in [0.5, 0.6) is 0 Å². The quantitative estimate of drug-likeness (QED) is 0.695. The van der Waals surface area contributed by atoms with Gasteiger partial charge in [-0.2, -0.15) is 0 Å². The van der Waals surface area contributed by atoms with Crippen LogP contribution in [0.2, 0.25) is 0 Å². The van der Waals surface area contributed by atoms with Crippen molar-refractivity contribution < 1.29 is 9.53 Å². The van der Waals surface area contributed by atoms with Crippen molar-refractivity contribution in [3.8, 4) is 0 Å². The van der Waals surface area contributed by atoms with E-state index in [1.165, 1.54) is 24.0 Å². The van der Waals surface area contributed by atoms with Crippen LogP contribution in [-0.4, -0.2) is 42.5 Å². The summed E-state index contributed by atoms with van der Waals surface area (Å²) in [4.78, 5) is 14.1. The molecule has 2 aromatic carbocycles. The normalized spacial score (nSPS) is 23.0. The fourth-order valence-corrected chi connectivity index (χ4v) is 4.60. The number of Topliss-reactive ketones (excluding diaryl/α,β-unsaturated/α-hetero) is 1. The number of halogens is 1. The number of ketones is 1. The van der Waals surface area contributed by atoms with E-state index in [1.54, 1.807) is 0 Å². The molecule has 0 aromatic heterocycles. The molecule has 28 heavy (non-hydrogen) atoms. The molecule has 0 spiro atoms. The summed E-state index contributed by atoms with van der Waals surface area (Å²) < 4.78 is 6.56. The zero-order chi connectivity index (χ0) is 18.5. The van der Waals surface area contributed by atoms with E-state index in [1.807, 2.05) is 0 Å². The highest BCUT2D eigenvalue weighted by molar-refractivity contribution is 5.85. The van der Waals surface area contributed by atoms with Crippen molar-refractivity contribution in [1.29, 1.82) is 0 Å². The Labute approximate surface area is 174 Å². The van der Waals surface area contributed by atoms with Crippen molar-refractivity contribution in [3.63, 3.8) is 0 Å². The van der Waals surface area contributed by atoms with Gasteiger partial charge in [-0.25, -0.2) is 0 Å². The topological polar surface area (TPSA) is 29.5 Å². The molecule has 150 valence electrons. The molecular formula is C24H30ClNO2. The number of hydrogen-bond acceptors (Lipinski definition) is 3. The Morgan fingerprint density at radius 3 is 2.11 bits per heavy atom. The minimum absolute atomic E-state index is 0. The maximum absolute atomic E-state index is 11.8. The smallest absolute Gasteiger partial charge is 0.148 e. The molecule has 4 rings (SSSR count). The second-order valence-corrected chi connectivity index (χ2v) is 7.86. The van der Waals surface area contributed by atoms with Crippen molar-refractivity contribution in [2.75, 3.05) is 19.7 Å². The highest BCUT2D eigenvalue weighted by Gasteiger charge is 2.35. The van der Waals surface area contributed by atoms with Gasteiger partial charge in [0, 0.05) is 24.9 Å². The highest BCUT2D eigenvalue weighted by atomic mass is 35.5. The summed E-state index contributed by atoms with van der Waals surface area (Å²) in [6, 6.07) is 21.7. The van der Waals surface area contributed by atoms with Crippen LogP contribution in [-0.2, 0) is 9.53 Å². The van der Waals surface area contributed by atoms with Crippen LogP contribution in [0.4, 0.5) is 0 Å². The summed E-state index contributed by atoms with van der Waals surface area (Å²) in [7, 11) is 0. The Morgan fingerprint density at radius 2 is 1.54 bits per heavy atom. The molecule has 0 radical (unpaired) electrons. The molecule has 1 saturated carbocycles. The molecule has 2 atom stereocenters. The average Bonchev–Trinajstić information content (AvgIpc) is 3.16. The van der Waals surface area contributed by atoms with E-state index in [0.29, 0.717) is 31.4 Å². The van der Waals surface area contributed by atoms with Gasteiger partial charge in [-0.05, 0) is 24.0 Å². The first kappa shape index (κ1) is 21.0. The summed E-state index contributed by atoms with van der Waals surface area (Å²) in [5, 5.41) is 0. The Balaban J connectivity index is 0.00000225. The Morgan fingerprint density at radius 1 is 0.929 bits per heavy atom. The molecule has 1 aliphatic heterocycles. The largest absolute Gasteiger partial charge is 0.376 e. The summed E-state index contributed by atoms with van der Waals surface area (Å²) in [6.07, 6.45) is 5.67. The second kappa shape index (κ2) is 10.2. The number of benzene rings is 2. The SMILES string of the molecule is Cl.O=C1CCN([C@H]2CCCC[C@H]2OCC(c2ccccc2)c2ccccc2)C1. The Kier molecular flexibility index (Phi) is 7.66. The molecule has 2 fully saturated rings. The van der Waals surface area contributed by atoms with Gasteiger partial charge in [0.1, 0.15) is 5.78 Å². The molecule has 1 heterocycles. The number of nitrogens with zero attached hydrogens (tertiary/aromatic N) is 1. The van der Waals surface area contributed by atoms with Crippen molar-refractivity contribution in [1.82, 2.24) is 4.90 Å². The van der Waals surface area contributed by atoms with E-state index in [2.05, 4.69) is 65.6 Å². The summed E-state index contributed by atoms with van der Waals surface area (Å²) in [6.45, 7) is 2.21. The highest BCUT2D eigenvalue weighted by Crippen LogP contribution is 2.31. The first-order chi connectivity index (χ1) is 13.3. The predicted octanol–water partition coefficient (Wildman–Crippen LogP) is 4.84. The lowest BCUT2D eigenvalue weighted by molar-refractivity contribution is -0.117. The number of likely N-dealkylation sites (tertiary alicyclic amines) is 1. The number of carbonyl (C=O) groups excluding carboxylic acids is 1. The third-order valence-electron chi connectivity index (χ3n) is 6.07. The van der Waals surface area contributed by atoms with Gasteiger partial charge in [0.2, 0.25) is 0 Å². The standard InChI is InChI=1S/C24H29NO2.ClH/c26-21-15-16-25(17-21)23-13-7-8-14-24(23)27-18-22(19-9-3-1-4-10-19)20-11-5-2-6-12-20;/h1-6,9-12,22-24H,7-8,13-18H2;1H/t23-,24+;/m0./s1. The van der Waals surface area contributed by atoms with Crippen LogP contribution < -0.4 is 0 Å². The van der Waals surface area contributed by atoms with Crippen molar-refractivity contribution >= 4 is 18.2 Å². The van der Waals surface area contributed by atoms with Gasteiger partial charge in [-0.1, -0.05) is 73.5 Å². The van der Waals surface area contributed by atoms with E-state index >= 15 is 0 Å². The van der Waals surface area contributed by atoms with E-state index in [9.17, 15) is 4.79 Å². The number of ether oxygens (including phenoxy) is 1. The van der Waals surface area contributed by atoms with E-state index < -0.39 is 0 Å². The third kappa shape index (κ3) is 5.02. The molecule has 2 aromatic rings. The summed E-state index contributed by atoms with van der Waals surface area (Å²) in [5.74, 6) is 0.626. The molecule has 0 unspecified atom stereocenters. The Hall–Kier alpha value is -1.68. The van der Waals surface area contributed by atoms with Gasteiger partial charge in [0.05, 0.1) is 19.3 Å². The third-order valence-corrected chi connectivity index (χ3v) is 6.07. The number of rotatable bonds is 6. The fourth-order valence-electron chi connectivity index (χ4n) is 4.60. The lowest BCUT2D eigenvalue weighted by Crippen LogP contribution is -2.46. The monoisotopic (exact) mass is 399 g/mol. The van der Waals surface area contributed by atoms with Gasteiger partial charge in [-0.15, -0.1) is 12.4 Å². The molecule has 0 amide bonds. The van der Waals surface area contributed by atoms with Gasteiger partial charge in [-0.3, -0.25) is 9.69 Å². The molecular weight excluding hydrogens is 370 g/mol. The van der Waals surface area contributed by atoms with E-state index in [-0.39, 0.29) is 24.4 Å². The molecule has 3 nitrogen and oxygen atoms in total. The minimum atomic E-state index is 0. The Bertz CT molecular complexity index is 697. The lowest BCUT2D eigenvalue weighted by Gasteiger charge is -2.38. The number of carbonyl (C=O) groups is 1. The first-order valence-corrected chi connectivity index (χ1v) is 10.3. The molecule has 0 N–H and O–H groups in total. The molecule has 2 aliphatic rings. The van der Waals surface area contributed by atoms with Gasteiger partial charge in [0.15, 0.2) is 0 Å². The van der Waals surface area contributed by atoms with Gasteiger partial charge >= 0.3 is 0 Å². The van der Waals surface area contributed by atoms with Crippen molar-refractivity contribution in [2.45, 2.75) is 50.2 Å². The first-order valence-electron chi connectivity index (χ1n) is 10.3. The maximum atomic E-state index is 11.8. The maximum Gasteiger partial charge on any atom is 0.148 e. The predicted molar refractivity (Wildman–Crippen MR) is 115 cm³/mol. The zero-order valence-corrected chi connectivity index (χ0v) is 17.2. The zero-order valence-electron chi connectivity index (χ0n) is 16.3. The van der Waals surface area contributed by atoms with Crippen molar-refractivity contribution in [2.24, 2.45) is 0 Å². The molecule has 4 heteroatoms. The van der Waals surface area contributed by atoms with Crippen LogP contribution >= 0.6 is 12.4 Å². The van der Waals surface area contributed by atoms with Crippen LogP contribution in [0, 0.1) is 0 Å². The molecule has 1 saturated heterocycles. The van der Waals surface area contributed by atoms with Crippen LogP contribution in [0.15, 0.2) is 60.7 Å². The number of hydrogen-bond donors (Lipinski definition) is 0. The lowest BCUT2D eigenvalue weighted by atomic mass is 9.90. The van der Waals surface area contributed by atoms with Crippen LogP contribution in [0.1, 0.15) is 49.1 Å². The van der Waals surface area contributed by atoms with E-state index in [4.69, 9.17) is 4.74 Å². The molecule has 0 bridgehead atoms. The van der Waals surface area contributed by atoms with Crippen LogP contribution in [0.3, 0.4) is 0 Å². The fraction of sp³-hybridized carbons (Fsp3) is 0.458. The van der Waals surface area contributed by atoms with Crippen molar-refractivity contribution in [3.05, 3.63) is 71.8 Å². The average molecular weight is 400 g/mol. The van der Waals surface area contributed by atoms with E-state index in [0.717, 1.165) is 19.4 Å². The molecule has 1 aliphatic carbocycles. The van der Waals surface area contributed by atoms with Crippen LogP contribution in [0.25, 0.3) is 0 Å². The minimum Gasteiger partial charge on any atom is -0.376 e. The summed E-state index contributed by atoms with van der Waals surface area (Å²) >= 11 is 0.